The summed E-state index contributed by atoms with van der Waals surface area (Å²) in [6.45, 7) is 6.17. The number of nitrogens with one attached hydrogen (secondary N) is 1. The highest BCUT2D eigenvalue weighted by Crippen LogP contribution is 2.20. The molecule has 0 spiro atoms. The number of aryl methyl sites for hydroxylation is 2. The number of rotatable bonds is 6. The molecule has 0 aliphatic heterocycles. The molecular formula is C22H25N3O. The number of para-hydroxylation sites is 1. The lowest BCUT2D eigenvalue weighted by Gasteiger charge is -2.08. The van der Waals surface area contributed by atoms with Gasteiger partial charge >= 0.3 is 0 Å². The van der Waals surface area contributed by atoms with E-state index in [1.165, 1.54) is 5.56 Å². The number of amides is 1. The van der Waals surface area contributed by atoms with Gasteiger partial charge in [-0.3, -0.25) is 4.79 Å². The van der Waals surface area contributed by atoms with Gasteiger partial charge < -0.3 is 5.32 Å². The maximum atomic E-state index is 12.3. The van der Waals surface area contributed by atoms with E-state index < -0.39 is 0 Å². The average molecular weight is 347 g/mol. The third kappa shape index (κ3) is 4.02. The average Bonchev–Trinajstić information content (AvgIpc) is 2.95. The van der Waals surface area contributed by atoms with Crippen LogP contribution in [-0.4, -0.2) is 15.7 Å². The normalized spacial score (nSPS) is 10.7. The van der Waals surface area contributed by atoms with Gasteiger partial charge in [-0.05, 0) is 62.1 Å². The zero-order valence-electron chi connectivity index (χ0n) is 15.6. The lowest BCUT2D eigenvalue weighted by molar-refractivity contribution is -0.116. The first-order chi connectivity index (χ1) is 12.6. The van der Waals surface area contributed by atoms with Gasteiger partial charge in [0.05, 0.1) is 11.4 Å². The number of hydrogen-bond acceptors (Lipinski definition) is 2. The molecule has 0 atom stereocenters. The van der Waals surface area contributed by atoms with Crippen molar-refractivity contribution in [2.24, 2.45) is 0 Å². The van der Waals surface area contributed by atoms with Crippen molar-refractivity contribution in [3.63, 3.8) is 0 Å². The van der Waals surface area contributed by atoms with Gasteiger partial charge in [0.2, 0.25) is 5.91 Å². The van der Waals surface area contributed by atoms with Crippen molar-refractivity contribution in [2.45, 2.75) is 40.0 Å². The number of aromatic nitrogens is 2. The maximum absolute atomic E-state index is 12.3. The van der Waals surface area contributed by atoms with Crippen molar-refractivity contribution in [3.05, 3.63) is 77.1 Å². The van der Waals surface area contributed by atoms with E-state index in [-0.39, 0.29) is 5.91 Å². The second-order valence-electron chi connectivity index (χ2n) is 6.50. The first-order valence-electron chi connectivity index (χ1n) is 9.07. The SMILES string of the molecule is CCc1cccc(NC(=O)CCc2c(C)nn(-c3ccccc3)c2C)c1. The summed E-state index contributed by atoms with van der Waals surface area (Å²) < 4.78 is 1.95. The Morgan fingerprint density at radius 3 is 2.58 bits per heavy atom. The largest absolute Gasteiger partial charge is 0.326 e. The molecule has 3 rings (SSSR count). The highest BCUT2D eigenvalue weighted by atomic mass is 16.1. The Bertz CT molecular complexity index is 897. The summed E-state index contributed by atoms with van der Waals surface area (Å²) >= 11 is 0. The van der Waals surface area contributed by atoms with Crippen molar-refractivity contribution in [1.82, 2.24) is 9.78 Å². The number of anilines is 1. The molecule has 0 unspecified atom stereocenters. The van der Waals surface area contributed by atoms with Crippen LogP contribution in [0.2, 0.25) is 0 Å². The number of hydrogen-bond donors (Lipinski definition) is 1. The Morgan fingerprint density at radius 1 is 1.08 bits per heavy atom. The van der Waals surface area contributed by atoms with E-state index in [0.717, 1.165) is 34.7 Å². The van der Waals surface area contributed by atoms with E-state index in [1.54, 1.807) is 0 Å². The van der Waals surface area contributed by atoms with E-state index in [2.05, 4.69) is 30.3 Å². The Balaban J connectivity index is 1.68. The van der Waals surface area contributed by atoms with Gasteiger partial charge in [-0.1, -0.05) is 37.3 Å². The maximum Gasteiger partial charge on any atom is 0.224 e. The molecule has 1 aromatic heterocycles. The van der Waals surface area contributed by atoms with E-state index in [4.69, 9.17) is 0 Å². The predicted molar refractivity (Wildman–Crippen MR) is 106 cm³/mol. The van der Waals surface area contributed by atoms with Crippen LogP contribution in [0.25, 0.3) is 5.69 Å². The fourth-order valence-electron chi connectivity index (χ4n) is 3.19. The molecule has 4 heteroatoms. The molecule has 3 aromatic rings. The van der Waals surface area contributed by atoms with E-state index in [0.29, 0.717) is 12.8 Å². The van der Waals surface area contributed by atoms with E-state index in [1.807, 2.05) is 60.1 Å². The summed E-state index contributed by atoms with van der Waals surface area (Å²) in [5.74, 6) is 0.0320. The van der Waals surface area contributed by atoms with Crippen LogP contribution in [0.15, 0.2) is 54.6 Å². The highest BCUT2D eigenvalue weighted by molar-refractivity contribution is 5.90. The Kier molecular flexibility index (Phi) is 5.52. The second-order valence-corrected chi connectivity index (χ2v) is 6.50. The Morgan fingerprint density at radius 2 is 1.85 bits per heavy atom. The molecule has 0 fully saturated rings. The smallest absolute Gasteiger partial charge is 0.224 e. The third-order valence-corrected chi connectivity index (χ3v) is 4.66. The molecular weight excluding hydrogens is 322 g/mol. The molecule has 26 heavy (non-hydrogen) atoms. The van der Waals surface area contributed by atoms with Crippen LogP contribution in [0, 0.1) is 13.8 Å². The monoisotopic (exact) mass is 347 g/mol. The first kappa shape index (κ1) is 17.9. The first-order valence-corrected chi connectivity index (χ1v) is 9.07. The fourth-order valence-corrected chi connectivity index (χ4v) is 3.19. The summed E-state index contributed by atoms with van der Waals surface area (Å²) in [4.78, 5) is 12.3. The summed E-state index contributed by atoms with van der Waals surface area (Å²) in [6, 6.07) is 18.1. The minimum absolute atomic E-state index is 0.0320. The molecule has 1 heterocycles. The minimum Gasteiger partial charge on any atom is -0.326 e. The van der Waals surface area contributed by atoms with Crippen LogP contribution in [-0.2, 0) is 17.6 Å². The lowest BCUT2D eigenvalue weighted by Crippen LogP contribution is -2.13. The fraction of sp³-hybridized carbons (Fsp3) is 0.273. The van der Waals surface area contributed by atoms with Gasteiger partial charge in [0, 0.05) is 17.8 Å². The van der Waals surface area contributed by atoms with Gasteiger partial charge in [-0.15, -0.1) is 0 Å². The van der Waals surface area contributed by atoms with Crippen molar-refractivity contribution in [1.29, 1.82) is 0 Å². The third-order valence-electron chi connectivity index (χ3n) is 4.66. The van der Waals surface area contributed by atoms with Gasteiger partial charge in [0.25, 0.3) is 0 Å². The number of carbonyl (C=O) groups is 1. The topological polar surface area (TPSA) is 46.9 Å². The Hall–Kier alpha value is -2.88. The standard InChI is InChI=1S/C22H25N3O/c1-4-18-9-8-10-19(15-18)23-22(26)14-13-21-16(2)24-25(17(21)3)20-11-6-5-7-12-20/h5-12,15H,4,13-14H2,1-3H3,(H,23,26). The summed E-state index contributed by atoms with van der Waals surface area (Å²) in [6.07, 6.45) is 2.09. The molecule has 1 N–H and O–H groups in total. The highest BCUT2D eigenvalue weighted by Gasteiger charge is 2.14. The van der Waals surface area contributed by atoms with E-state index in [9.17, 15) is 4.79 Å². The lowest BCUT2D eigenvalue weighted by atomic mass is 10.1. The second kappa shape index (κ2) is 8.00. The molecule has 0 bridgehead atoms. The molecule has 4 nitrogen and oxygen atoms in total. The molecule has 1 amide bonds. The van der Waals surface area contributed by atoms with Gasteiger partial charge in [-0.25, -0.2) is 4.68 Å². The predicted octanol–water partition coefficient (Wildman–Crippen LogP) is 4.62. The quantitative estimate of drug-likeness (QED) is 0.707. The van der Waals surface area contributed by atoms with Crippen molar-refractivity contribution in [2.75, 3.05) is 5.32 Å². The number of nitrogens with zero attached hydrogens (tertiary/aromatic N) is 2. The molecule has 2 aromatic carbocycles. The Labute approximate surface area is 154 Å². The van der Waals surface area contributed by atoms with Crippen molar-refractivity contribution in [3.8, 4) is 5.69 Å². The van der Waals surface area contributed by atoms with Gasteiger partial charge in [0.1, 0.15) is 0 Å². The summed E-state index contributed by atoms with van der Waals surface area (Å²) in [5, 5.41) is 7.65. The van der Waals surface area contributed by atoms with Gasteiger partial charge in [0.15, 0.2) is 0 Å². The molecule has 0 saturated carbocycles. The van der Waals surface area contributed by atoms with Crippen LogP contribution < -0.4 is 5.32 Å². The zero-order valence-corrected chi connectivity index (χ0v) is 15.6. The molecule has 0 aliphatic rings. The zero-order chi connectivity index (χ0) is 18.5. The minimum atomic E-state index is 0.0320. The van der Waals surface area contributed by atoms with Crippen LogP contribution in [0.1, 0.15) is 35.9 Å². The van der Waals surface area contributed by atoms with Crippen molar-refractivity contribution >= 4 is 11.6 Å². The van der Waals surface area contributed by atoms with Crippen LogP contribution in [0.4, 0.5) is 5.69 Å². The van der Waals surface area contributed by atoms with Crippen LogP contribution >= 0.6 is 0 Å². The van der Waals surface area contributed by atoms with Crippen LogP contribution in [0.3, 0.4) is 0 Å². The van der Waals surface area contributed by atoms with Crippen molar-refractivity contribution < 1.29 is 4.79 Å². The molecule has 134 valence electrons. The van der Waals surface area contributed by atoms with Gasteiger partial charge in [-0.2, -0.15) is 5.10 Å². The molecule has 0 saturated heterocycles. The van der Waals surface area contributed by atoms with Crippen LogP contribution in [0.5, 0.6) is 0 Å². The van der Waals surface area contributed by atoms with E-state index >= 15 is 0 Å². The number of benzene rings is 2. The number of carbonyl (C=O) groups excluding carboxylic acids is 1. The summed E-state index contributed by atoms with van der Waals surface area (Å²) in [5.41, 5.74) is 6.34. The molecule has 0 radical (unpaired) electrons. The molecule has 0 aliphatic carbocycles. The summed E-state index contributed by atoms with van der Waals surface area (Å²) in [7, 11) is 0.